The molecule has 1 amide bonds. The normalized spacial score (nSPS) is 26.1. The molecular formula is C7H14N2O. The standard InChI is InChI=1S/C7H14N2O/c8-4-3-6-1-2-7(10)9-5-6/h6H,1-5,8H2,(H,9,10). The van der Waals surface area contributed by atoms with Crippen molar-refractivity contribution in [3.63, 3.8) is 0 Å². The van der Waals surface area contributed by atoms with Gasteiger partial charge in [-0.3, -0.25) is 4.79 Å². The molecule has 1 aliphatic rings. The third-order valence-electron chi connectivity index (χ3n) is 1.94. The highest BCUT2D eigenvalue weighted by Crippen LogP contribution is 2.12. The van der Waals surface area contributed by atoms with Gasteiger partial charge in [-0.1, -0.05) is 0 Å². The molecule has 1 aliphatic heterocycles. The van der Waals surface area contributed by atoms with Crippen molar-refractivity contribution in [2.75, 3.05) is 13.1 Å². The first-order chi connectivity index (χ1) is 4.83. The molecule has 1 saturated heterocycles. The number of nitrogens with one attached hydrogen (secondary N) is 1. The summed E-state index contributed by atoms with van der Waals surface area (Å²) >= 11 is 0. The zero-order valence-electron chi connectivity index (χ0n) is 6.10. The van der Waals surface area contributed by atoms with Crippen molar-refractivity contribution in [2.45, 2.75) is 19.3 Å². The first kappa shape index (κ1) is 7.54. The van der Waals surface area contributed by atoms with Gasteiger partial charge in [-0.05, 0) is 25.3 Å². The number of hydrogen-bond acceptors (Lipinski definition) is 2. The number of hydrogen-bond donors (Lipinski definition) is 2. The Morgan fingerprint density at radius 2 is 2.50 bits per heavy atom. The summed E-state index contributed by atoms with van der Waals surface area (Å²) in [7, 11) is 0. The van der Waals surface area contributed by atoms with Crippen LogP contribution in [0.3, 0.4) is 0 Å². The van der Waals surface area contributed by atoms with Gasteiger partial charge in [0.1, 0.15) is 0 Å². The summed E-state index contributed by atoms with van der Waals surface area (Å²) < 4.78 is 0. The summed E-state index contributed by atoms with van der Waals surface area (Å²) in [5.41, 5.74) is 5.38. The maximum atomic E-state index is 10.7. The Hall–Kier alpha value is -0.570. The van der Waals surface area contributed by atoms with E-state index < -0.39 is 0 Å². The molecule has 0 bridgehead atoms. The minimum atomic E-state index is 0.188. The number of carbonyl (C=O) groups excluding carboxylic acids is 1. The average Bonchev–Trinajstić information content (AvgIpc) is 1.95. The van der Waals surface area contributed by atoms with Crippen LogP contribution in [0.2, 0.25) is 0 Å². The third kappa shape index (κ3) is 1.99. The van der Waals surface area contributed by atoms with Crippen LogP contribution < -0.4 is 11.1 Å². The van der Waals surface area contributed by atoms with Crippen LogP contribution in [0.5, 0.6) is 0 Å². The molecule has 0 spiro atoms. The molecule has 1 atom stereocenters. The van der Waals surface area contributed by atoms with Crippen molar-refractivity contribution in [2.24, 2.45) is 11.7 Å². The summed E-state index contributed by atoms with van der Waals surface area (Å²) in [5.74, 6) is 0.816. The van der Waals surface area contributed by atoms with Crippen LogP contribution in [0.25, 0.3) is 0 Å². The minimum absolute atomic E-state index is 0.188. The Kier molecular flexibility index (Phi) is 2.68. The maximum absolute atomic E-state index is 10.7. The monoisotopic (exact) mass is 142 g/mol. The number of nitrogens with two attached hydrogens (primary N) is 1. The Labute approximate surface area is 61.0 Å². The molecule has 1 heterocycles. The fraction of sp³-hybridized carbons (Fsp3) is 0.857. The van der Waals surface area contributed by atoms with E-state index in [1.165, 1.54) is 0 Å². The quantitative estimate of drug-likeness (QED) is 0.564. The summed E-state index contributed by atoms with van der Waals surface area (Å²) in [6.45, 7) is 1.57. The van der Waals surface area contributed by atoms with Crippen LogP contribution in [0.4, 0.5) is 0 Å². The average molecular weight is 142 g/mol. The molecule has 0 radical (unpaired) electrons. The van der Waals surface area contributed by atoms with Gasteiger partial charge in [0.15, 0.2) is 0 Å². The van der Waals surface area contributed by atoms with Gasteiger partial charge in [0.25, 0.3) is 0 Å². The number of rotatable bonds is 2. The summed E-state index contributed by atoms with van der Waals surface area (Å²) in [5, 5.41) is 2.82. The van der Waals surface area contributed by atoms with E-state index >= 15 is 0 Å². The van der Waals surface area contributed by atoms with Crippen LogP contribution in [-0.4, -0.2) is 19.0 Å². The largest absolute Gasteiger partial charge is 0.356 e. The van der Waals surface area contributed by atoms with Gasteiger partial charge in [-0.25, -0.2) is 0 Å². The number of piperidine rings is 1. The second-order valence-corrected chi connectivity index (χ2v) is 2.79. The molecule has 0 aromatic carbocycles. The molecule has 1 rings (SSSR count). The molecule has 0 aromatic rings. The predicted molar refractivity (Wildman–Crippen MR) is 39.4 cm³/mol. The van der Waals surface area contributed by atoms with E-state index in [0.29, 0.717) is 12.3 Å². The van der Waals surface area contributed by atoms with Gasteiger partial charge in [0.05, 0.1) is 0 Å². The van der Waals surface area contributed by atoms with E-state index in [0.717, 1.165) is 25.9 Å². The second-order valence-electron chi connectivity index (χ2n) is 2.79. The molecule has 0 saturated carbocycles. The molecule has 3 N–H and O–H groups in total. The fourth-order valence-corrected chi connectivity index (χ4v) is 1.27. The Morgan fingerprint density at radius 3 is 3.00 bits per heavy atom. The van der Waals surface area contributed by atoms with E-state index in [2.05, 4.69) is 5.32 Å². The van der Waals surface area contributed by atoms with Crippen LogP contribution >= 0.6 is 0 Å². The van der Waals surface area contributed by atoms with E-state index in [1.54, 1.807) is 0 Å². The third-order valence-corrected chi connectivity index (χ3v) is 1.94. The van der Waals surface area contributed by atoms with E-state index in [1.807, 2.05) is 0 Å². The SMILES string of the molecule is NCCC1CCC(=O)NC1. The smallest absolute Gasteiger partial charge is 0.220 e. The van der Waals surface area contributed by atoms with Gasteiger partial charge in [0, 0.05) is 13.0 Å². The number of carbonyl (C=O) groups is 1. The van der Waals surface area contributed by atoms with Crippen molar-refractivity contribution < 1.29 is 4.79 Å². The fourth-order valence-electron chi connectivity index (χ4n) is 1.27. The summed E-state index contributed by atoms with van der Waals surface area (Å²) in [6.07, 6.45) is 2.74. The van der Waals surface area contributed by atoms with Crippen LogP contribution in [0.15, 0.2) is 0 Å². The van der Waals surface area contributed by atoms with Gasteiger partial charge in [-0.2, -0.15) is 0 Å². The lowest BCUT2D eigenvalue weighted by atomic mass is 9.96. The van der Waals surface area contributed by atoms with Crippen molar-refractivity contribution >= 4 is 5.91 Å². The van der Waals surface area contributed by atoms with Crippen LogP contribution in [-0.2, 0) is 4.79 Å². The Bertz CT molecular complexity index is 115. The maximum Gasteiger partial charge on any atom is 0.220 e. The highest BCUT2D eigenvalue weighted by Gasteiger charge is 2.16. The van der Waals surface area contributed by atoms with Crippen molar-refractivity contribution in [1.82, 2.24) is 5.32 Å². The second kappa shape index (κ2) is 3.56. The van der Waals surface area contributed by atoms with Crippen LogP contribution in [0, 0.1) is 5.92 Å². The predicted octanol–water partition coefficient (Wildman–Crippen LogP) is -0.139. The molecule has 1 fully saturated rings. The Balaban J connectivity index is 2.19. The lowest BCUT2D eigenvalue weighted by Crippen LogP contribution is -2.35. The topological polar surface area (TPSA) is 55.1 Å². The number of amides is 1. The first-order valence-electron chi connectivity index (χ1n) is 3.79. The van der Waals surface area contributed by atoms with E-state index in [-0.39, 0.29) is 5.91 Å². The van der Waals surface area contributed by atoms with E-state index in [9.17, 15) is 4.79 Å². The van der Waals surface area contributed by atoms with Gasteiger partial charge in [-0.15, -0.1) is 0 Å². The lowest BCUT2D eigenvalue weighted by molar-refractivity contribution is -0.122. The Morgan fingerprint density at radius 1 is 1.70 bits per heavy atom. The molecule has 1 unspecified atom stereocenters. The van der Waals surface area contributed by atoms with Crippen LogP contribution in [0.1, 0.15) is 19.3 Å². The molecule has 0 aliphatic carbocycles. The van der Waals surface area contributed by atoms with Crippen molar-refractivity contribution in [1.29, 1.82) is 0 Å². The van der Waals surface area contributed by atoms with Gasteiger partial charge >= 0.3 is 0 Å². The summed E-state index contributed by atoms with van der Waals surface area (Å²) in [6, 6.07) is 0. The first-order valence-corrected chi connectivity index (χ1v) is 3.79. The van der Waals surface area contributed by atoms with Crippen molar-refractivity contribution in [3.8, 4) is 0 Å². The molecule has 10 heavy (non-hydrogen) atoms. The van der Waals surface area contributed by atoms with Crippen molar-refractivity contribution in [3.05, 3.63) is 0 Å². The zero-order valence-corrected chi connectivity index (χ0v) is 6.10. The highest BCUT2D eigenvalue weighted by atomic mass is 16.1. The molecule has 3 heteroatoms. The minimum Gasteiger partial charge on any atom is -0.356 e. The van der Waals surface area contributed by atoms with Gasteiger partial charge < -0.3 is 11.1 Å². The molecule has 3 nitrogen and oxygen atoms in total. The zero-order chi connectivity index (χ0) is 7.40. The van der Waals surface area contributed by atoms with Gasteiger partial charge in [0.2, 0.25) is 5.91 Å². The lowest BCUT2D eigenvalue weighted by Gasteiger charge is -2.21. The molecular weight excluding hydrogens is 128 g/mol. The van der Waals surface area contributed by atoms with E-state index in [4.69, 9.17) is 5.73 Å². The molecule has 0 aromatic heterocycles. The molecule has 58 valence electrons. The highest BCUT2D eigenvalue weighted by molar-refractivity contribution is 5.76. The summed E-state index contributed by atoms with van der Waals surface area (Å²) in [4.78, 5) is 10.7.